The number of sulfone groups is 1. The van der Waals surface area contributed by atoms with Gasteiger partial charge in [-0.3, -0.25) is 0 Å². The fraction of sp³-hybridized carbons (Fsp3) is 0.385. The molecule has 1 N–H and O–H groups in total. The summed E-state index contributed by atoms with van der Waals surface area (Å²) < 4.78 is 22.5. The first-order chi connectivity index (χ1) is 7.95. The van der Waals surface area contributed by atoms with E-state index in [4.69, 9.17) is 6.42 Å². The van der Waals surface area contributed by atoms with E-state index in [2.05, 4.69) is 5.92 Å². The Morgan fingerprint density at radius 2 is 1.94 bits per heavy atom. The molecule has 17 heavy (non-hydrogen) atoms. The van der Waals surface area contributed by atoms with Crippen molar-refractivity contribution in [2.24, 2.45) is 0 Å². The number of hydrogen-bond acceptors (Lipinski definition) is 3. The quantitative estimate of drug-likeness (QED) is 0.643. The maximum atomic E-state index is 11.2. The lowest BCUT2D eigenvalue weighted by Gasteiger charge is -2.10. The molecule has 0 aliphatic rings. The average molecular weight is 252 g/mol. The molecule has 0 saturated heterocycles. The number of aliphatic hydroxyl groups is 1. The Hall–Kier alpha value is -1.31. The molecule has 1 aromatic carbocycles. The van der Waals surface area contributed by atoms with Crippen molar-refractivity contribution in [2.75, 3.05) is 6.26 Å². The number of rotatable bonds is 5. The molecule has 0 aliphatic heterocycles. The molecule has 0 saturated carbocycles. The smallest absolute Gasteiger partial charge is 0.175 e. The Labute approximate surface area is 102 Å². The Kier molecular flexibility index (Phi) is 4.73. The van der Waals surface area contributed by atoms with Gasteiger partial charge in [-0.2, -0.15) is 0 Å². The molecule has 1 aromatic rings. The van der Waals surface area contributed by atoms with Crippen LogP contribution in [0.2, 0.25) is 0 Å². The van der Waals surface area contributed by atoms with Gasteiger partial charge in [0.15, 0.2) is 9.84 Å². The highest BCUT2D eigenvalue weighted by Gasteiger charge is 2.10. The summed E-state index contributed by atoms with van der Waals surface area (Å²) in [5.41, 5.74) is 0.717. The summed E-state index contributed by atoms with van der Waals surface area (Å²) in [5.74, 6) is 2.51. The van der Waals surface area contributed by atoms with Crippen LogP contribution >= 0.6 is 0 Å². The third-order valence-electron chi connectivity index (χ3n) is 2.49. The van der Waals surface area contributed by atoms with Gasteiger partial charge in [0.05, 0.1) is 11.0 Å². The van der Waals surface area contributed by atoms with Crippen LogP contribution in [0, 0.1) is 12.3 Å². The van der Waals surface area contributed by atoms with Crippen LogP contribution in [0.25, 0.3) is 0 Å². The third-order valence-corrected chi connectivity index (χ3v) is 3.62. The number of benzene rings is 1. The molecule has 0 amide bonds. The van der Waals surface area contributed by atoms with Gasteiger partial charge < -0.3 is 5.11 Å². The van der Waals surface area contributed by atoms with E-state index in [0.717, 1.165) is 18.2 Å². The van der Waals surface area contributed by atoms with Crippen LogP contribution in [0.15, 0.2) is 29.2 Å². The first-order valence-corrected chi connectivity index (χ1v) is 7.26. The van der Waals surface area contributed by atoms with Crippen LogP contribution in [0.4, 0.5) is 0 Å². The normalized spacial score (nSPS) is 13.0. The highest BCUT2D eigenvalue weighted by Crippen LogP contribution is 2.20. The van der Waals surface area contributed by atoms with Gasteiger partial charge in [0.25, 0.3) is 0 Å². The number of hydrogen-bond donors (Lipinski definition) is 1. The molecule has 1 unspecified atom stereocenters. The predicted molar refractivity (Wildman–Crippen MR) is 67.2 cm³/mol. The minimum Gasteiger partial charge on any atom is -0.388 e. The Morgan fingerprint density at radius 3 is 2.41 bits per heavy atom. The molecule has 1 atom stereocenters. The number of terminal acetylenes is 1. The van der Waals surface area contributed by atoms with E-state index in [1.807, 2.05) is 0 Å². The largest absolute Gasteiger partial charge is 0.388 e. The van der Waals surface area contributed by atoms with Crippen LogP contribution in [0.1, 0.15) is 30.9 Å². The van der Waals surface area contributed by atoms with Gasteiger partial charge in [0.1, 0.15) is 0 Å². The minimum atomic E-state index is -3.17. The topological polar surface area (TPSA) is 54.4 Å². The predicted octanol–water partition coefficient (Wildman–Crippen LogP) is 1.93. The SMILES string of the molecule is C#CCCCC(O)c1ccc(S(C)(=O)=O)cc1. The lowest BCUT2D eigenvalue weighted by atomic mass is 10.0. The molecule has 0 heterocycles. The summed E-state index contributed by atoms with van der Waals surface area (Å²) in [6.45, 7) is 0. The van der Waals surface area contributed by atoms with Crippen LogP contribution in [0.5, 0.6) is 0 Å². The molecule has 4 heteroatoms. The maximum absolute atomic E-state index is 11.2. The van der Waals surface area contributed by atoms with E-state index in [1.54, 1.807) is 12.1 Å². The van der Waals surface area contributed by atoms with Crippen molar-refractivity contribution >= 4 is 9.84 Å². The molecular formula is C13H16O3S. The zero-order chi connectivity index (χ0) is 12.9. The monoisotopic (exact) mass is 252 g/mol. The van der Waals surface area contributed by atoms with Crippen molar-refractivity contribution in [3.63, 3.8) is 0 Å². The van der Waals surface area contributed by atoms with E-state index in [1.165, 1.54) is 12.1 Å². The van der Waals surface area contributed by atoms with Crippen molar-refractivity contribution in [3.8, 4) is 12.3 Å². The van der Waals surface area contributed by atoms with Crippen LogP contribution in [0.3, 0.4) is 0 Å². The molecule has 1 rings (SSSR count). The third kappa shape index (κ3) is 4.22. The number of unbranched alkanes of at least 4 members (excludes halogenated alkanes) is 1. The molecule has 0 fully saturated rings. The van der Waals surface area contributed by atoms with Gasteiger partial charge in [-0.1, -0.05) is 12.1 Å². The summed E-state index contributed by atoms with van der Waals surface area (Å²) in [4.78, 5) is 0.261. The van der Waals surface area contributed by atoms with Crippen LogP contribution in [-0.2, 0) is 9.84 Å². The molecular weight excluding hydrogens is 236 g/mol. The van der Waals surface area contributed by atoms with Crippen molar-refractivity contribution < 1.29 is 13.5 Å². The second kappa shape index (κ2) is 5.85. The van der Waals surface area contributed by atoms with Crippen molar-refractivity contribution in [3.05, 3.63) is 29.8 Å². The van der Waals surface area contributed by atoms with Gasteiger partial charge in [-0.15, -0.1) is 12.3 Å². The molecule has 0 bridgehead atoms. The van der Waals surface area contributed by atoms with Crippen LogP contribution < -0.4 is 0 Å². The lowest BCUT2D eigenvalue weighted by molar-refractivity contribution is 0.165. The summed E-state index contributed by atoms with van der Waals surface area (Å²) in [6.07, 6.45) is 7.67. The standard InChI is InChI=1S/C13H16O3S/c1-3-4-5-6-13(14)11-7-9-12(10-8-11)17(2,15)16/h1,7-10,13-14H,4-6H2,2H3. The van der Waals surface area contributed by atoms with Crippen molar-refractivity contribution in [1.82, 2.24) is 0 Å². The number of aliphatic hydroxyl groups excluding tert-OH is 1. The van der Waals surface area contributed by atoms with Crippen LogP contribution in [-0.4, -0.2) is 19.8 Å². The van der Waals surface area contributed by atoms with Gasteiger partial charge >= 0.3 is 0 Å². The summed E-state index contributed by atoms with van der Waals surface area (Å²) in [7, 11) is -3.17. The summed E-state index contributed by atoms with van der Waals surface area (Å²) in [6, 6.07) is 6.29. The van der Waals surface area contributed by atoms with E-state index < -0.39 is 15.9 Å². The molecule has 3 nitrogen and oxygen atoms in total. The van der Waals surface area contributed by atoms with E-state index in [9.17, 15) is 13.5 Å². The molecule has 0 radical (unpaired) electrons. The second-order valence-electron chi connectivity index (χ2n) is 3.95. The Bertz CT molecular complexity index is 494. The first kappa shape index (κ1) is 13.8. The van der Waals surface area contributed by atoms with Gasteiger partial charge in [0, 0.05) is 12.7 Å². The molecule has 92 valence electrons. The fourth-order valence-corrected chi connectivity index (χ4v) is 2.13. The highest BCUT2D eigenvalue weighted by atomic mass is 32.2. The Balaban J connectivity index is 2.71. The molecule has 0 spiro atoms. The molecule has 0 aromatic heterocycles. The zero-order valence-corrected chi connectivity index (χ0v) is 10.6. The minimum absolute atomic E-state index is 0.261. The first-order valence-electron chi connectivity index (χ1n) is 5.36. The van der Waals surface area contributed by atoms with Gasteiger partial charge in [-0.05, 0) is 30.5 Å². The zero-order valence-electron chi connectivity index (χ0n) is 9.76. The summed E-state index contributed by atoms with van der Waals surface area (Å²) in [5, 5.41) is 9.82. The highest BCUT2D eigenvalue weighted by molar-refractivity contribution is 7.90. The van der Waals surface area contributed by atoms with E-state index in [0.29, 0.717) is 12.8 Å². The summed E-state index contributed by atoms with van der Waals surface area (Å²) >= 11 is 0. The second-order valence-corrected chi connectivity index (χ2v) is 5.97. The van der Waals surface area contributed by atoms with Gasteiger partial charge in [-0.25, -0.2) is 8.42 Å². The Morgan fingerprint density at radius 1 is 1.35 bits per heavy atom. The van der Waals surface area contributed by atoms with Gasteiger partial charge in [0.2, 0.25) is 0 Å². The average Bonchev–Trinajstić information content (AvgIpc) is 2.28. The fourth-order valence-electron chi connectivity index (χ4n) is 1.50. The molecule has 0 aliphatic carbocycles. The van der Waals surface area contributed by atoms with Crippen molar-refractivity contribution in [1.29, 1.82) is 0 Å². The van der Waals surface area contributed by atoms with E-state index in [-0.39, 0.29) is 4.90 Å². The maximum Gasteiger partial charge on any atom is 0.175 e. The van der Waals surface area contributed by atoms with Crippen molar-refractivity contribution in [2.45, 2.75) is 30.3 Å². The van der Waals surface area contributed by atoms with E-state index >= 15 is 0 Å². The lowest BCUT2D eigenvalue weighted by Crippen LogP contribution is -2.00.